The molecule has 0 bridgehead atoms. The average Bonchev–Trinajstić information content (AvgIpc) is 2.27. The minimum Gasteiger partial charge on any atom is -0.383 e. The van der Waals surface area contributed by atoms with Crippen molar-refractivity contribution in [2.45, 2.75) is 33.0 Å². The van der Waals surface area contributed by atoms with Crippen molar-refractivity contribution in [3.8, 4) is 0 Å². The Bertz CT molecular complexity index is 239. The fourth-order valence-corrected chi connectivity index (χ4v) is 2.42. The van der Waals surface area contributed by atoms with Gasteiger partial charge in [0.25, 0.3) is 0 Å². The van der Waals surface area contributed by atoms with Crippen LogP contribution in [0.3, 0.4) is 0 Å². The fraction of sp³-hybridized carbons (Fsp3) is 0.625. The molecule has 0 aliphatic heterocycles. The molecule has 0 amide bonds. The Balaban J connectivity index is -0.00000128. The summed E-state index contributed by atoms with van der Waals surface area (Å²) in [5, 5.41) is 0. The number of ether oxygens (including phenoxy) is 2. The van der Waals surface area contributed by atoms with Crippen LogP contribution in [0, 0.1) is 32.1 Å². The van der Waals surface area contributed by atoms with E-state index in [1.807, 2.05) is 6.08 Å². The molecule has 0 aliphatic rings. The summed E-state index contributed by atoms with van der Waals surface area (Å²) in [4.78, 5) is 0. The topological polar surface area (TPSA) is 18.5 Å². The van der Waals surface area contributed by atoms with Gasteiger partial charge < -0.3 is 23.8 Å². The van der Waals surface area contributed by atoms with Gasteiger partial charge in [-0.25, -0.2) is 0 Å². The molecule has 19 heavy (non-hydrogen) atoms. The van der Waals surface area contributed by atoms with Crippen molar-refractivity contribution in [2.75, 3.05) is 14.2 Å². The minimum absolute atomic E-state index is 0. The maximum absolute atomic E-state index is 5.61. The van der Waals surface area contributed by atoms with Gasteiger partial charge in [-0.2, -0.15) is 0 Å². The summed E-state index contributed by atoms with van der Waals surface area (Å²) in [6.07, 6.45) is 6.09. The van der Waals surface area contributed by atoms with Crippen LogP contribution in [0.15, 0.2) is 24.8 Å². The Labute approximate surface area is 133 Å². The van der Waals surface area contributed by atoms with Crippen molar-refractivity contribution >= 4 is 0 Å². The van der Waals surface area contributed by atoms with E-state index >= 15 is 0 Å². The van der Waals surface area contributed by atoms with Crippen LogP contribution >= 0.6 is 0 Å². The molecule has 0 aromatic rings. The molecule has 0 fully saturated rings. The van der Waals surface area contributed by atoms with Gasteiger partial charge in [-0.1, -0.05) is 45.6 Å². The summed E-state index contributed by atoms with van der Waals surface area (Å²) in [7, 11) is 3.49. The molecule has 0 aromatic carbocycles. The molecule has 3 heteroatoms. The zero-order valence-electron chi connectivity index (χ0n) is 13.6. The van der Waals surface area contributed by atoms with Crippen molar-refractivity contribution in [3.63, 3.8) is 0 Å². The largest absolute Gasteiger partial charge is 2.00 e. The summed E-state index contributed by atoms with van der Waals surface area (Å²) in [5.74, 6) is 0.856. The number of hydrogen-bond donors (Lipinski definition) is 0. The van der Waals surface area contributed by atoms with E-state index in [0.717, 1.165) is 0 Å². The van der Waals surface area contributed by atoms with Crippen LogP contribution in [0.5, 0.6) is 0 Å². The number of rotatable bonds is 8. The monoisotopic (exact) mass is 318 g/mol. The fourth-order valence-electron chi connectivity index (χ4n) is 2.42. The summed E-state index contributed by atoms with van der Waals surface area (Å²) >= 11 is 0. The van der Waals surface area contributed by atoms with E-state index in [-0.39, 0.29) is 45.0 Å². The van der Waals surface area contributed by atoms with E-state index in [4.69, 9.17) is 9.47 Å². The molecule has 0 saturated carbocycles. The first-order chi connectivity index (χ1) is 7.99. The Hall–Kier alpha value is 0.0234. The number of methoxy groups -OCH3 is 2. The molecule has 5 atom stereocenters. The van der Waals surface area contributed by atoms with Crippen LogP contribution in [0.2, 0.25) is 0 Å². The second-order valence-electron chi connectivity index (χ2n) is 4.72. The van der Waals surface area contributed by atoms with E-state index in [9.17, 15) is 0 Å². The molecule has 0 N–H and O–H groups in total. The predicted molar refractivity (Wildman–Crippen MR) is 80.2 cm³/mol. The third-order valence-electron chi connectivity index (χ3n) is 3.21. The van der Waals surface area contributed by atoms with Crippen LogP contribution < -0.4 is 0 Å². The quantitative estimate of drug-likeness (QED) is 0.383. The predicted octanol–water partition coefficient (Wildman–Crippen LogP) is 3.95. The second-order valence-corrected chi connectivity index (χ2v) is 4.72. The summed E-state index contributed by atoms with van der Waals surface area (Å²) < 4.78 is 11.1. The Morgan fingerprint density at radius 2 is 1.53 bits per heavy atom. The zero-order valence-corrected chi connectivity index (χ0v) is 16.5. The molecular formula is C16H30O2Zn. The zero-order chi connectivity index (χ0) is 13.4. The van der Waals surface area contributed by atoms with Gasteiger partial charge in [0.2, 0.25) is 0 Å². The molecule has 0 aromatic heterocycles. The average molecular weight is 320 g/mol. The molecule has 108 valence electrons. The van der Waals surface area contributed by atoms with Gasteiger partial charge in [0, 0.05) is 32.2 Å². The molecule has 0 saturated heterocycles. The third kappa shape index (κ3) is 8.02. The minimum atomic E-state index is 0. The molecule has 0 heterocycles. The van der Waals surface area contributed by atoms with Gasteiger partial charge in [0.05, 0.1) is 6.10 Å². The Kier molecular flexibility index (Phi) is 16.5. The summed E-state index contributed by atoms with van der Waals surface area (Å²) in [6.45, 7) is 14.1. The first-order valence-corrected chi connectivity index (χ1v) is 6.17. The second kappa shape index (κ2) is 13.0. The van der Waals surface area contributed by atoms with Gasteiger partial charge in [-0.05, 0) is 0 Å². The van der Waals surface area contributed by atoms with Gasteiger partial charge in [0.15, 0.2) is 0 Å². The van der Waals surface area contributed by atoms with Gasteiger partial charge >= 0.3 is 19.5 Å². The first kappa shape index (κ1) is 24.1. The Morgan fingerprint density at radius 1 is 1.05 bits per heavy atom. The van der Waals surface area contributed by atoms with E-state index in [1.165, 1.54) is 0 Å². The third-order valence-corrected chi connectivity index (χ3v) is 3.21. The molecular weight excluding hydrogens is 290 g/mol. The Morgan fingerprint density at radius 3 is 1.84 bits per heavy atom. The SMILES string of the molecule is C=C/C=C\[C@H](C)C(OC)[C@@H](C)C(OC)[C@H]([CH2-])C.[CH3-].[Zn+2]. The van der Waals surface area contributed by atoms with Crippen molar-refractivity contribution in [1.29, 1.82) is 0 Å². The van der Waals surface area contributed by atoms with Crippen molar-refractivity contribution in [3.05, 3.63) is 39.2 Å². The van der Waals surface area contributed by atoms with E-state index in [1.54, 1.807) is 20.3 Å². The van der Waals surface area contributed by atoms with E-state index in [0.29, 0.717) is 11.8 Å². The van der Waals surface area contributed by atoms with Crippen LogP contribution in [0.25, 0.3) is 0 Å². The molecule has 2 unspecified atom stereocenters. The number of hydrogen-bond acceptors (Lipinski definition) is 2. The molecule has 0 aliphatic carbocycles. The standard InChI is InChI=1S/C15H27O2.CH3.Zn/c1-8-9-10-12(4)15(17-7)13(5)14(16-6)11(2)3;;/h8-15H,1-2H2,3-7H3;1H3;/q2*-1;+2/b10-9-;;/t11-,12+,13+,14?,15?;;/m1../s1. The van der Waals surface area contributed by atoms with E-state index < -0.39 is 0 Å². The van der Waals surface area contributed by atoms with Crippen LogP contribution in [0.1, 0.15) is 20.8 Å². The molecule has 0 radical (unpaired) electrons. The van der Waals surface area contributed by atoms with Crippen molar-refractivity contribution in [1.82, 2.24) is 0 Å². The maximum Gasteiger partial charge on any atom is 2.00 e. The smallest absolute Gasteiger partial charge is 0.383 e. The number of allylic oxidation sites excluding steroid dienone is 2. The normalized spacial score (nSPS) is 18.6. The molecule has 0 rings (SSSR count). The van der Waals surface area contributed by atoms with E-state index in [2.05, 4.69) is 40.3 Å². The van der Waals surface area contributed by atoms with Gasteiger partial charge in [-0.15, -0.1) is 5.92 Å². The van der Waals surface area contributed by atoms with Crippen LogP contribution in [-0.4, -0.2) is 26.4 Å². The van der Waals surface area contributed by atoms with Crippen LogP contribution in [0.4, 0.5) is 0 Å². The van der Waals surface area contributed by atoms with Gasteiger partial charge in [-0.3, -0.25) is 0 Å². The molecule has 0 spiro atoms. The van der Waals surface area contributed by atoms with Crippen molar-refractivity contribution < 1.29 is 29.0 Å². The summed E-state index contributed by atoms with van der Waals surface area (Å²) in [6, 6.07) is 0. The molecule has 2 nitrogen and oxygen atoms in total. The maximum atomic E-state index is 5.61. The van der Waals surface area contributed by atoms with Gasteiger partial charge in [0.1, 0.15) is 0 Å². The van der Waals surface area contributed by atoms with Crippen LogP contribution in [-0.2, 0) is 29.0 Å². The van der Waals surface area contributed by atoms with Crippen molar-refractivity contribution in [2.24, 2.45) is 17.8 Å². The first-order valence-electron chi connectivity index (χ1n) is 6.17. The summed E-state index contributed by atoms with van der Waals surface area (Å²) in [5.41, 5.74) is 0.